The molecule has 17 nitrogen and oxygen atoms in total. The first-order valence-corrected chi connectivity index (χ1v) is 32.2. The lowest BCUT2D eigenvalue weighted by Gasteiger charge is -2.70. The quantitative estimate of drug-likeness (QED) is 0.0567. The highest BCUT2D eigenvalue weighted by Crippen LogP contribution is 2.73. The molecule has 5 aliphatic carbocycles. The number of hydrogen-bond donors (Lipinski definition) is 4. The summed E-state index contributed by atoms with van der Waals surface area (Å²) in [5.74, 6) is -11.1. The number of halogens is 8. The largest absolute Gasteiger partial charge is 0.462 e. The molecule has 5 saturated carbocycles. The topological polar surface area (TPSA) is 240 Å². The van der Waals surface area contributed by atoms with E-state index in [9.17, 15) is 79.5 Å². The predicted octanol–water partition coefficient (Wildman–Crippen LogP) is 12.5. The van der Waals surface area contributed by atoms with Crippen molar-refractivity contribution < 1.29 is 117 Å². The van der Waals surface area contributed by atoms with Gasteiger partial charge in [-0.2, -0.15) is 35.1 Å². The molecule has 0 aromatic rings. The van der Waals surface area contributed by atoms with Gasteiger partial charge in [0.2, 0.25) is 5.60 Å². The first kappa shape index (κ1) is 78.2. The average molecular weight is 1320 g/mol. The molecule has 0 radical (unpaired) electrons. The molecule has 0 aromatic heterocycles. The van der Waals surface area contributed by atoms with Crippen molar-refractivity contribution >= 4 is 29.8 Å². The lowest BCUT2D eigenvalue weighted by Crippen LogP contribution is -2.70. The van der Waals surface area contributed by atoms with E-state index >= 15 is 0 Å². The Morgan fingerprint density at radius 2 is 1.04 bits per heavy atom. The smallest absolute Gasteiger partial charge is 0.449 e. The molecule has 9 aliphatic rings. The van der Waals surface area contributed by atoms with Gasteiger partial charge in [-0.05, 0) is 219 Å². The summed E-state index contributed by atoms with van der Waals surface area (Å²) in [6, 6.07) is 0. The van der Waals surface area contributed by atoms with Crippen molar-refractivity contribution in [3.05, 3.63) is 0 Å². The lowest BCUT2D eigenvalue weighted by molar-refractivity contribution is -0.409. The van der Waals surface area contributed by atoms with Gasteiger partial charge in [-0.1, -0.05) is 27.7 Å². The number of alkyl halides is 8. The van der Waals surface area contributed by atoms with Gasteiger partial charge in [-0.15, -0.1) is 0 Å². The molecule has 10 atom stereocenters. The maximum absolute atomic E-state index is 14.0. The van der Waals surface area contributed by atoms with Crippen LogP contribution in [0.25, 0.3) is 0 Å². The van der Waals surface area contributed by atoms with Crippen LogP contribution in [0.3, 0.4) is 0 Å². The molecule has 91 heavy (non-hydrogen) atoms. The molecule has 9 fully saturated rings. The summed E-state index contributed by atoms with van der Waals surface area (Å²) in [6.45, 7) is 31.9. The van der Waals surface area contributed by atoms with Crippen LogP contribution in [0.15, 0.2) is 0 Å². The zero-order chi connectivity index (χ0) is 70.2. The van der Waals surface area contributed by atoms with E-state index < -0.39 is 111 Å². The van der Waals surface area contributed by atoms with E-state index in [4.69, 9.17) is 28.4 Å². The van der Waals surface area contributed by atoms with Gasteiger partial charge in [0.05, 0.1) is 63.7 Å². The number of esters is 5. The third-order valence-electron chi connectivity index (χ3n) is 22.3. The average Bonchev–Trinajstić information content (AvgIpc) is 1.56. The van der Waals surface area contributed by atoms with Gasteiger partial charge in [0.1, 0.15) is 17.8 Å². The molecule has 0 amide bonds. The van der Waals surface area contributed by atoms with Gasteiger partial charge in [0.15, 0.2) is 17.8 Å². The van der Waals surface area contributed by atoms with Gasteiger partial charge in [0.25, 0.3) is 0 Å². The Morgan fingerprint density at radius 1 is 0.604 bits per heavy atom. The molecule has 0 spiro atoms. The minimum atomic E-state index is -5.74. The number of fused-ring (bicyclic) bond motifs is 1. The maximum Gasteiger partial charge on any atom is 0.449 e. The van der Waals surface area contributed by atoms with Crippen LogP contribution in [-0.4, -0.2) is 152 Å². The summed E-state index contributed by atoms with van der Waals surface area (Å²) in [5, 5.41) is 40.9. The minimum absolute atomic E-state index is 0.0423. The fourth-order valence-corrected chi connectivity index (χ4v) is 13.6. The Kier molecular flexibility index (Phi) is 22.2. The van der Waals surface area contributed by atoms with E-state index in [0.29, 0.717) is 70.6 Å². The fraction of sp³-hybridized carbons (Fsp3) is 0.924. The maximum atomic E-state index is 14.0. The van der Waals surface area contributed by atoms with Gasteiger partial charge in [0, 0.05) is 10.8 Å². The second kappa shape index (κ2) is 25.8. The molecule has 10 unspecified atom stereocenters. The Bertz CT molecular complexity index is 2580. The first-order chi connectivity index (χ1) is 40.8. The third kappa shape index (κ3) is 15.5. The van der Waals surface area contributed by atoms with Gasteiger partial charge in [-0.25, -0.2) is 0 Å². The summed E-state index contributed by atoms with van der Waals surface area (Å²) in [5.41, 5.74) is -12.1. The van der Waals surface area contributed by atoms with Crippen molar-refractivity contribution in [1.29, 1.82) is 0 Å². The molecule has 0 aromatic carbocycles. The molecule has 528 valence electrons. The fourth-order valence-electron chi connectivity index (χ4n) is 13.6. The van der Waals surface area contributed by atoms with Crippen molar-refractivity contribution in [3.63, 3.8) is 0 Å². The minimum Gasteiger partial charge on any atom is -0.462 e. The van der Waals surface area contributed by atoms with Crippen molar-refractivity contribution in [1.82, 2.24) is 0 Å². The highest BCUT2D eigenvalue weighted by molar-refractivity contribution is 5.79. The van der Waals surface area contributed by atoms with Crippen LogP contribution in [0.2, 0.25) is 0 Å². The molecule has 4 heterocycles. The molecule has 25 heteroatoms. The Balaban J connectivity index is 0.000000222. The van der Waals surface area contributed by atoms with Crippen molar-refractivity contribution in [3.8, 4) is 0 Å². The SMILES string of the molecule is CCC(C)(C)C(=O)OC1(C)COC(O)(C(F)(F)F)C1(F)F.CCC(C)(C)C(=O)OC12CC3CC(C(C)(C)O)(C1)CC(C(C)(C)O)(C3)C2.CCC(C)(C)C(=O)OC1C2CC3C(=O)OC1C3O2.CCC(C)(C)C(=O)OC1CCC(C(C)(C)OCC(C)(O)C(F)(F)F)CC1. The summed E-state index contributed by atoms with van der Waals surface area (Å²) >= 11 is 0. The molecule has 6 bridgehead atoms. The summed E-state index contributed by atoms with van der Waals surface area (Å²) in [4.78, 5) is 60.5. The van der Waals surface area contributed by atoms with Crippen LogP contribution >= 0.6 is 0 Å². The van der Waals surface area contributed by atoms with E-state index in [1.54, 1.807) is 20.8 Å². The summed E-state index contributed by atoms with van der Waals surface area (Å²) < 4.78 is 147. The molecule has 9 rings (SSSR count). The highest BCUT2D eigenvalue weighted by Gasteiger charge is 2.83. The number of rotatable bonds is 18. The van der Waals surface area contributed by atoms with Crippen molar-refractivity contribution in [2.45, 2.75) is 323 Å². The van der Waals surface area contributed by atoms with Gasteiger partial charge < -0.3 is 58.3 Å². The molecular formula is C66H106F8O17. The Morgan fingerprint density at radius 3 is 1.46 bits per heavy atom. The number of carbonyl (C=O) groups excluding carboxylic acids is 5. The van der Waals surface area contributed by atoms with Gasteiger partial charge >= 0.3 is 53.9 Å². The predicted molar refractivity (Wildman–Crippen MR) is 315 cm³/mol. The van der Waals surface area contributed by atoms with Crippen LogP contribution in [0.5, 0.6) is 0 Å². The van der Waals surface area contributed by atoms with E-state index in [1.807, 2.05) is 90.0 Å². The number of ether oxygens (including phenoxy) is 8. The van der Waals surface area contributed by atoms with E-state index in [1.165, 1.54) is 13.8 Å². The van der Waals surface area contributed by atoms with Crippen LogP contribution in [0.4, 0.5) is 35.1 Å². The molecule has 4 saturated heterocycles. The third-order valence-corrected chi connectivity index (χ3v) is 22.3. The first-order valence-electron chi connectivity index (χ1n) is 32.2. The van der Waals surface area contributed by atoms with Crippen molar-refractivity contribution in [2.24, 2.45) is 50.2 Å². The van der Waals surface area contributed by atoms with E-state index in [0.717, 1.165) is 39.0 Å². The normalized spacial score (nSPS) is 34.3. The summed E-state index contributed by atoms with van der Waals surface area (Å²) in [7, 11) is 0. The number of carbonyl (C=O) groups is 5. The zero-order valence-corrected chi connectivity index (χ0v) is 57.3. The van der Waals surface area contributed by atoms with Crippen LogP contribution < -0.4 is 0 Å². The van der Waals surface area contributed by atoms with E-state index in [-0.39, 0.29) is 71.3 Å². The second-order valence-corrected chi connectivity index (χ2v) is 32.1. The van der Waals surface area contributed by atoms with Crippen LogP contribution in [-0.2, 0) is 61.9 Å². The summed E-state index contributed by atoms with van der Waals surface area (Å²) in [6.07, 6.45) is -1.07. The number of hydrogen-bond acceptors (Lipinski definition) is 17. The van der Waals surface area contributed by atoms with E-state index in [2.05, 4.69) is 9.47 Å². The molecular weight excluding hydrogens is 1220 g/mol. The second-order valence-electron chi connectivity index (χ2n) is 32.1. The molecule has 4 N–H and O–H groups in total. The Labute approximate surface area is 532 Å². The standard InChI is InChI=1S/C22H38O4.C19H33F3O4.C13H18O5.C12H17F5O4/c1-8-17(2,3)16(23)26-22-11-15-9-20(13-22,18(4,5)24)12-21(10-15,14-22)19(6,7)25;1-7-16(2,3)15(23)26-14-10-8-13(9-11-14)17(4,5)25-12-18(6,24)19(20,21)22;1-4-13(2,3)12(15)18-9-7-5-6-8(16-7)10(9)17-11(6)14;1-5-8(2,3)7(18)21-9(4)6-20-11(19,10(9,13)14)12(15,16)17/h15,24-25H,8-14H2,1-7H3;13-14,24H,7-12H2,1-6H3;6-10H,4-5H2,1-3H3;19H,5-6H2,1-4H3. The molecule has 4 aliphatic heterocycles. The lowest BCUT2D eigenvalue weighted by atomic mass is 9.37. The van der Waals surface area contributed by atoms with Crippen LogP contribution in [0, 0.1) is 50.2 Å². The van der Waals surface area contributed by atoms with Crippen LogP contribution in [0.1, 0.15) is 235 Å². The monoisotopic (exact) mass is 1320 g/mol. The Hall–Kier alpha value is -3.49. The van der Waals surface area contributed by atoms with Gasteiger partial charge in [-0.3, -0.25) is 24.0 Å². The highest BCUT2D eigenvalue weighted by atomic mass is 19.4. The van der Waals surface area contributed by atoms with Crippen molar-refractivity contribution in [2.75, 3.05) is 13.2 Å². The zero-order valence-electron chi connectivity index (χ0n) is 57.3. The number of aliphatic hydroxyl groups is 4.